The molecule has 0 saturated heterocycles. The summed E-state index contributed by atoms with van der Waals surface area (Å²) in [6.45, 7) is 8.95. The molecule has 0 amide bonds. The summed E-state index contributed by atoms with van der Waals surface area (Å²) in [7, 11) is -3.50. The maximum Gasteiger partial charge on any atom is 0.244 e. The van der Waals surface area contributed by atoms with Gasteiger partial charge in [0.15, 0.2) is 0 Å². The molecule has 1 saturated carbocycles. The lowest BCUT2D eigenvalue weighted by atomic mass is 10.2. The van der Waals surface area contributed by atoms with Crippen molar-refractivity contribution in [2.75, 3.05) is 6.54 Å². The molecule has 1 fully saturated rings. The Morgan fingerprint density at radius 3 is 2.57 bits per heavy atom. The van der Waals surface area contributed by atoms with Crippen LogP contribution >= 0.6 is 0 Å². The average Bonchev–Trinajstić information content (AvgIpc) is 3.02. The van der Waals surface area contributed by atoms with Crippen LogP contribution in [0.5, 0.6) is 0 Å². The van der Waals surface area contributed by atoms with E-state index in [0.717, 1.165) is 31.4 Å². The lowest BCUT2D eigenvalue weighted by molar-refractivity contribution is 0.492. The van der Waals surface area contributed by atoms with Gasteiger partial charge in [-0.1, -0.05) is 20.3 Å². The highest BCUT2D eigenvalue weighted by Gasteiger charge is 2.40. The zero-order chi connectivity index (χ0) is 15.6. The Morgan fingerprint density at radius 1 is 1.24 bits per heavy atom. The van der Waals surface area contributed by atoms with E-state index in [4.69, 9.17) is 4.42 Å². The third kappa shape index (κ3) is 3.67. The van der Waals surface area contributed by atoms with Crippen molar-refractivity contribution >= 4 is 10.0 Å². The normalized spacial score (nSPS) is 21.7. The van der Waals surface area contributed by atoms with Crippen LogP contribution in [0.15, 0.2) is 9.31 Å². The van der Waals surface area contributed by atoms with E-state index in [-0.39, 0.29) is 6.04 Å². The first-order valence-corrected chi connectivity index (χ1v) is 9.20. The van der Waals surface area contributed by atoms with E-state index in [1.165, 1.54) is 0 Å². The van der Waals surface area contributed by atoms with E-state index in [2.05, 4.69) is 17.0 Å². The monoisotopic (exact) mass is 314 g/mol. The summed E-state index contributed by atoms with van der Waals surface area (Å²) in [6.07, 6.45) is 3.13. The van der Waals surface area contributed by atoms with Crippen molar-refractivity contribution in [3.63, 3.8) is 0 Å². The summed E-state index contributed by atoms with van der Waals surface area (Å²) in [5.74, 6) is 1.64. The molecule has 2 unspecified atom stereocenters. The Kier molecular flexibility index (Phi) is 5.11. The zero-order valence-corrected chi connectivity index (χ0v) is 14.1. The van der Waals surface area contributed by atoms with Gasteiger partial charge in [0.2, 0.25) is 10.0 Å². The van der Waals surface area contributed by atoms with E-state index >= 15 is 0 Å². The number of rotatable bonds is 8. The van der Waals surface area contributed by atoms with Gasteiger partial charge in [0.1, 0.15) is 16.4 Å². The molecule has 1 heterocycles. The topological polar surface area (TPSA) is 71.3 Å². The largest absolute Gasteiger partial charge is 0.465 e. The molecule has 5 nitrogen and oxygen atoms in total. The van der Waals surface area contributed by atoms with Gasteiger partial charge in [0, 0.05) is 18.2 Å². The first-order valence-electron chi connectivity index (χ1n) is 7.72. The molecule has 1 aromatic heterocycles. The number of furan rings is 1. The van der Waals surface area contributed by atoms with Crippen molar-refractivity contribution in [3.05, 3.63) is 17.1 Å². The number of hydrogen-bond donors (Lipinski definition) is 2. The van der Waals surface area contributed by atoms with Gasteiger partial charge >= 0.3 is 0 Å². The maximum absolute atomic E-state index is 12.7. The number of hydrogen-bond acceptors (Lipinski definition) is 4. The Bertz CT molecular complexity index is 592. The van der Waals surface area contributed by atoms with Crippen LogP contribution in [0.3, 0.4) is 0 Å². The fraction of sp³-hybridized carbons (Fsp3) is 0.733. The van der Waals surface area contributed by atoms with Gasteiger partial charge in [0.05, 0.1) is 0 Å². The second-order valence-electron chi connectivity index (χ2n) is 5.81. The molecular formula is C15H26N2O3S. The molecule has 2 N–H and O–H groups in total. The number of sulfonamides is 1. The van der Waals surface area contributed by atoms with Crippen molar-refractivity contribution in [1.29, 1.82) is 0 Å². The Hall–Kier alpha value is -0.850. The highest BCUT2D eigenvalue weighted by molar-refractivity contribution is 7.89. The molecule has 120 valence electrons. The molecule has 0 radical (unpaired) electrons. The van der Waals surface area contributed by atoms with E-state index < -0.39 is 10.0 Å². The fourth-order valence-electron chi connectivity index (χ4n) is 2.86. The van der Waals surface area contributed by atoms with Gasteiger partial charge in [-0.2, -0.15) is 0 Å². The molecule has 0 bridgehead atoms. The fourth-order valence-corrected chi connectivity index (χ4v) is 4.62. The van der Waals surface area contributed by atoms with Crippen LogP contribution in [0.4, 0.5) is 0 Å². The molecule has 0 aromatic carbocycles. The Balaban J connectivity index is 2.19. The summed E-state index contributed by atoms with van der Waals surface area (Å²) in [4.78, 5) is 0.322. The van der Waals surface area contributed by atoms with Crippen LogP contribution in [-0.2, 0) is 16.6 Å². The molecule has 2 rings (SSSR count). The number of nitrogens with one attached hydrogen (secondary N) is 2. The molecule has 6 heteroatoms. The minimum Gasteiger partial charge on any atom is -0.465 e. The first kappa shape index (κ1) is 16.5. The molecule has 1 aliphatic carbocycles. The third-order valence-corrected chi connectivity index (χ3v) is 5.72. The van der Waals surface area contributed by atoms with E-state index in [1.807, 2.05) is 13.8 Å². The zero-order valence-electron chi connectivity index (χ0n) is 13.3. The second kappa shape index (κ2) is 6.50. The van der Waals surface area contributed by atoms with Crippen molar-refractivity contribution in [2.24, 2.45) is 5.92 Å². The minimum absolute atomic E-state index is 0.0940. The summed E-state index contributed by atoms with van der Waals surface area (Å²) in [5.41, 5.74) is 0.745. The highest BCUT2D eigenvalue weighted by atomic mass is 32.2. The van der Waals surface area contributed by atoms with Gasteiger partial charge in [-0.3, -0.25) is 0 Å². The van der Waals surface area contributed by atoms with Gasteiger partial charge in [-0.05, 0) is 39.2 Å². The summed E-state index contributed by atoms with van der Waals surface area (Å²) in [6, 6.07) is 0.0940. The molecule has 2 atom stereocenters. The molecule has 21 heavy (non-hydrogen) atoms. The van der Waals surface area contributed by atoms with Gasteiger partial charge < -0.3 is 9.73 Å². The molecule has 0 spiro atoms. The highest BCUT2D eigenvalue weighted by Crippen LogP contribution is 2.36. The van der Waals surface area contributed by atoms with Crippen LogP contribution in [0, 0.1) is 19.8 Å². The van der Waals surface area contributed by atoms with Crippen LogP contribution in [0.1, 0.15) is 50.2 Å². The lowest BCUT2D eigenvalue weighted by Gasteiger charge is -2.09. The van der Waals surface area contributed by atoms with Crippen molar-refractivity contribution in [3.8, 4) is 0 Å². The molecular weight excluding hydrogens is 288 g/mol. The van der Waals surface area contributed by atoms with Gasteiger partial charge in [-0.25, -0.2) is 13.1 Å². The van der Waals surface area contributed by atoms with Gasteiger partial charge in [0.25, 0.3) is 0 Å². The first-order chi connectivity index (χ1) is 9.90. The van der Waals surface area contributed by atoms with Crippen LogP contribution in [-0.4, -0.2) is 21.0 Å². The van der Waals surface area contributed by atoms with Gasteiger partial charge in [-0.15, -0.1) is 0 Å². The smallest absolute Gasteiger partial charge is 0.244 e. The van der Waals surface area contributed by atoms with E-state index in [9.17, 15) is 8.42 Å². The predicted octanol–water partition coefficient (Wildman–Crippen LogP) is 2.47. The van der Waals surface area contributed by atoms with Crippen molar-refractivity contribution in [2.45, 2.75) is 64.4 Å². The van der Waals surface area contributed by atoms with Crippen LogP contribution in [0.25, 0.3) is 0 Å². The number of aryl methyl sites for hydroxylation is 2. The standard InChI is InChI=1S/C15H26N2O3S/c1-5-7-12-8-14(12)17-21(18,19)15-11(4)20-10(3)13(15)9-16-6-2/h12,14,16-17H,5-9H2,1-4H3. The van der Waals surface area contributed by atoms with E-state index in [1.54, 1.807) is 6.92 Å². The third-order valence-electron chi connectivity index (χ3n) is 4.03. The lowest BCUT2D eigenvalue weighted by Crippen LogP contribution is -2.29. The SMILES string of the molecule is CCCC1CC1NS(=O)(=O)c1c(C)oc(C)c1CNCC. The van der Waals surface area contributed by atoms with E-state index in [0.29, 0.717) is 28.9 Å². The Morgan fingerprint density at radius 2 is 1.95 bits per heavy atom. The minimum atomic E-state index is -3.50. The molecule has 1 aliphatic rings. The summed E-state index contributed by atoms with van der Waals surface area (Å²) >= 11 is 0. The summed E-state index contributed by atoms with van der Waals surface area (Å²) < 4.78 is 33.7. The van der Waals surface area contributed by atoms with Crippen LogP contribution < -0.4 is 10.0 Å². The molecule has 1 aromatic rings. The Labute approximate surface area is 127 Å². The average molecular weight is 314 g/mol. The summed E-state index contributed by atoms with van der Waals surface area (Å²) in [5, 5.41) is 3.18. The second-order valence-corrected chi connectivity index (χ2v) is 7.47. The van der Waals surface area contributed by atoms with Crippen LogP contribution in [0.2, 0.25) is 0 Å². The molecule has 0 aliphatic heterocycles. The van der Waals surface area contributed by atoms with Crippen molar-refractivity contribution in [1.82, 2.24) is 10.0 Å². The van der Waals surface area contributed by atoms with Crippen molar-refractivity contribution < 1.29 is 12.8 Å². The predicted molar refractivity (Wildman–Crippen MR) is 82.7 cm³/mol. The quantitative estimate of drug-likeness (QED) is 0.773. The maximum atomic E-state index is 12.7.